The van der Waals surface area contributed by atoms with Gasteiger partial charge in [0.1, 0.15) is 0 Å². The van der Waals surface area contributed by atoms with Gasteiger partial charge in [-0.3, -0.25) is 4.79 Å². The summed E-state index contributed by atoms with van der Waals surface area (Å²) in [7, 11) is 0. The monoisotopic (exact) mass is 279 g/mol. The minimum atomic E-state index is -0.925. The molecule has 2 N–H and O–H groups in total. The second-order valence-electron chi connectivity index (χ2n) is 5.64. The molecule has 5 nitrogen and oxygen atoms in total. The van der Waals surface area contributed by atoms with Crippen LogP contribution in [0.3, 0.4) is 0 Å². The van der Waals surface area contributed by atoms with Crippen LogP contribution in [0.5, 0.6) is 0 Å². The molecule has 2 aliphatic rings. The number of carboxylic acids is 1. The van der Waals surface area contributed by atoms with E-state index in [9.17, 15) is 9.59 Å². The second kappa shape index (κ2) is 6.65. The molecule has 0 saturated heterocycles. The number of carboxylic acid groups (broad SMARTS) is 1. The van der Waals surface area contributed by atoms with Crippen LogP contribution in [-0.4, -0.2) is 30.3 Å². The van der Waals surface area contributed by atoms with Crippen LogP contribution in [0.25, 0.3) is 0 Å². The third kappa shape index (κ3) is 3.89. The summed E-state index contributed by atoms with van der Waals surface area (Å²) in [6.45, 7) is 2.08. The van der Waals surface area contributed by atoms with E-state index in [0.29, 0.717) is 24.4 Å². The largest absolute Gasteiger partial charge is 0.481 e. The Labute approximate surface area is 119 Å². The van der Waals surface area contributed by atoms with Gasteiger partial charge in [-0.15, -0.1) is 11.8 Å². The number of carbonyl (C=O) groups is 2. The van der Waals surface area contributed by atoms with E-state index in [1.165, 1.54) is 0 Å². The summed E-state index contributed by atoms with van der Waals surface area (Å²) in [6, 6.07) is 0. The van der Waals surface area contributed by atoms with E-state index >= 15 is 0 Å². The predicted octanol–water partition coefficient (Wildman–Crippen LogP) is 1.87. The lowest BCUT2D eigenvalue weighted by molar-refractivity contribution is -0.140. The van der Waals surface area contributed by atoms with Crippen molar-refractivity contribution in [3.63, 3.8) is 0 Å². The smallest absolute Gasteiger partial charge is 0.407 e. The van der Waals surface area contributed by atoms with Gasteiger partial charge in [0, 0.05) is 19.4 Å². The van der Waals surface area contributed by atoms with Crippen LogP contribution in [0.4, 0.5) is 4.79 Å². The van der Waals surface area contributed by atoms with Crippen molar-refractivity contribution in [3.05, 3.63) is 0 Å². The highest BCUT2D eigenvalue weighted by molar-refractivity contribution is 5.72. The highest BCUT2D eigenvalue weighted by atomic mass is 16.5. The fraction of sp³-hybridized carbons (Fsp3) is 0.733. The maximum atomic E-state index is 11.5. The zero-order valence-electron chi connectivity index (χ0n) is 11.7. The minimum absolute atomic E-state index is 0.0968. The molecule has 1 amide bonds. The Morgan fingerprint density at radius 2 is 1.90 bits per heavy atom. The fourth-order valence-corrected chi connectivity index (χ4v) is 2.83. The molecule has 0 aromatic heterocycles. The van der Waals surface area contributed by atoms with Crippen LogP contribution in [-0.2, 0) is 9.53 Å². The summed E-state index contributed by atoms with van der Waals surface area (Å²) in [5, 5.41) is 11.2. The lowest BCUT2D eigenvalue weighted by Gasteiger charge is -2.09. The van der Waals surface area contributed by atoms with Gasteiger partial charge in [0.2, 0.25) is 0 Å². The number of aliphatic carboxylic acids is 1. The van der Waals surface area contributed by atoms with Crippen molar-refractivity contribution < 1.29 is 19.4 Å². The molecular formula is C15H21NO4. The Kier molecular flexibility index (Phi) is 4.89. The van der Waals surface area contributed by atoms with Crippen molar-refractivity contribution >= 4 is 12.1 Å². The first-order valence-electron chi connectivity index (χ1n) is 7.18. The average molecular weight is 279 g/mol. The third-order valence-corrected chi connectivity index (χ3v) is 4.22. The molecule has 110 valence electrons. The van der Waals surface area contributed by atoms with Crippen molar-refractivity contribution in [1.29, 1.82) is 0 Å². The van der Waals surface area contributed by atoms with Crippen molar-refractivity contribution in [3.8, 4) is 11.8 Å². The van der Waals surface area contributed by atoms with Gasteiger partial charge < -0.3 is 15.2 Å². The van der Waals surface area contributed by atoms with E-state index in [4.69, 9.17) is 9.84 Å². The van der Waals surface area contributed by atoms with Crippen LogP contribution in [0.1, 0.15) is 32.6 Å². The Hall–Kier alpha value is -1.70. The Morgan fingerprint density at radius 3 is 2.45 bits per heavy atom. The van der Waals surface area contributed by atoms with Crippen molar-refractivity contribution in [1.82, 2.24) is 5.32 Å². The molecule has 4 atom stereocenters. The van der Waals surface area contributed by atoms with Gasteiger partial charge in [-0.05, 0) is 30.6 Å². The first-order valence-corrected chi connectivity index (χ1v) is 7.18. The molecule has 2 rings (SSSR count). The van der Waals surface area contributed by atoms with Crippen LogP contribution < -0.4 is 5.32 Å². The van der Waals surface area contributed by atoms with Gasteiger partial charge in [-0.1, -0.05) is 6.92 Å². The molecule has 0 aliphatic heterocycles. The zero-order chi connectivity index (χ0) is 14.5. The normalized spacial score (nSPS) is 28.8. The van der Waals surface area contributed by atoms with Crippen LogP contribution >= 0.6 is 0 Å². The molecule has 0 aromatic rings. The lowest BCUT2D eigenvalue weighted by Crippen LogP contribution is -2.32. The number of alkyl carbamates (subject to hydrolysis) is 1. The Balaban J connectivity index is 1.64. The van der Waals surface area contributed by atoms with E-state index < -0.39 is 18.0 Å². The van der Waals surface area contributed by atoms with Crippen LogP contribution in [0, 0.1) is 35.5 Å². The number of carbonyl (C=O) groups excluding carboxylic acids is 1. The quantitative estimate of drug-likeness (QED) is 0.753. The maximum Gasteiger partial charge on any atom is 0.407 e. The highest BCUT2D eigenvalue weighted by Crippen LogP contribution is 2.52. The Bertz CT molecular complexity index is 419. The average Bonchev–Trinajstić information content (AvgIpc) is 3.03. The predicted molar refractivity (Wildman–Crippen MR) is 72.9 cm³/mol. The van der Waals surface area contributed by atoms with Gasteiger partial charge in [-0.25, -0.2) is 4.79 Å². The molecule has 0 bridgehead atoms. The summed E-state index contributed by atoms with van der Waals surface area (Å²) in [5.74, 6) is 6.52. The summed E-state index contributed by atoms with van der Waals surface area (Å²) in [5.41, 5.74) is 0. The summed E-state index contributed by atoms with van der Waals surface area (Å²) >= 11 is 0. The zero-order valence-corrected chi connectivity index (χ0v) is 11.7. The molecule has 1 unspecified atom stereocenters. The summed E-state index contributed by atoms with van der Waals surface area (Å²) in [4.78, 5) is 22.1. The molecule has 0 heterocycles. The molecule has 0 spiro atoms. The Morgan fingerprint density at radius 1 is 1.30 bits per heavy atom. The van der Waals surface area contributed by atoms with Crippen molar-refractivity contribution in [2.24, 2.45) is 23.7 Å². The number of ether oxygens (including phenoxy) is 1. The highest BCUT2D eigenvalue weighted by Gasteiger charge is 2.49. The molecule has 1 fully saturated rings. The first-order chi connectivity index (χ1) is 9.59. The maximum absolute atomic E-state index is 11.5. The van der Waals surface area contributed by atoms with Crippen molar-refractivity contribution in [2.45, 2.75) is 32.6 Å². The van der Waals surface area contributed by atoms with Gasteiger partial charge in [0.05, 0.1) is 12.5 Å². The third-order valence-electron chi connectivity index (χ3n) is 4.22. The standard InChI is InChI=1S/C15H21NO4/c1-10(14(17)18)8-16-15(19)20-9-13-11-6-4-2-3-5-7-12(11)13/h10-13H,4-9H2,1H3,(H,16,19)(H,17,18)/t10?,11-,12+,13-. The van der Waals surface area contributed by atoms with Crippen molar-refractivity contribution in [2.75, 3.05) is 13.2 Å². The number of hydrogen-bond acceptors (Lipinski definition) is 3. The SMILES string of the molecule is CC(CNC(=O)OC[C@@H]1[C@@H]2CCC#CCC[C@@H]21)C(=O)O. The van der Waals surface area contributed by atoms with E-state index in [0.717, 1.165) is 25.7 Å². The van der Waals surface area contributed by atoms with E-state index in [2.05, 4.69) is 17.2 Å². The molecule has 20 heavy (non-hydrogen) atoms. The van der Waals surface area contributed by atoms with Crippen LogP contribution in [0.2, 0.25) is 0 Å². The molecule has 5 heteroatoms. The number of rotatable bonds is 5. The molecule has 1 saturated carbocycles. The van der Waals surface area contributed by atoms with Gasteiger partial charge in [-0.2, -0.15) is 0 Å². The first kappa shape index (κ1) is 14.7. The molecular weight excluding hydrogens is 258 g/mol. The van der Waals surface area contributed by atoms with Gasteiger partial charge >= 0.3 is 12.1 Å². The molecule has 2 aliphatic carbocycles. The topological polar surface area (TPSA) is 75.6 Å². The van der Waals surface area contributed by atoms with Crippen LogP contribution in [0.15, 0.2) is 0 Å². The minimum Gasteiger partial charge on any atom is -0.481 e. The van der Waals surface area contributed by atoms with E-state index in [1.54, 1.807) is 6.92 Å². The molecule has 0 radical (unpaired) electrons. The van der Waals surface area contributed by atoms with E-state index in [-0.39, 0.29) is 6.54 Å². The molecule has 0 aromatic carbocycles. The summed E-state index contributed by atoms with van der Waals surface area (Å²) < 4.78 is 5.19. The fourth-order valence-electron chi connectivity index (χ4n) is 2.83. The second-order valence-corrected chi connectivity index (χ2v) is 5.64. The number of fused-ring (bicyclic) bond motifs is 1. The summed E-state index contributed by atoms with van der Waals surface area (Å²) in [6.07, 6.45) is 3.57. The van der Waals surface area contributed by atoms with Gasteiger partial charge in [0.15, 0.2) is 0 Å². The lowest BCUT2D eigenvalue weighted by atomic mass is 10.1. The number of nitrogens with one attached hydrogen (secondary N) is 1. The van der Waals surface area contributed by atoms with Gasteiger partial charge in [0.25, 0.3) is 0 Å². The number of hydrogen-bond donors (Lipinski definition) is 2. The number of amides is 1. The van der Waals surface area contributed by atoms with E-state index in [1.807, 2.05) is 0 Å².